The average molecular weight is 248 g/mol. The molecule has 6 nitrogen and oxygen atoms in total. The third kappa shape index (κ3) is 2.60. The van der Waals surface area contributed by atoms with Crippen LogP contribution in [-0.4, -0.2) is 16.6 Å². The second-order valence-electron chi connectivity index (χ2n) is 3.27. The zero-order valence-corrected chi connectivity index (χ0v) is 9.53. The van der Waals surface area contributed by atoms with E-state index in [9.17, 15) is 15.2 Å². The lowest BCUT2D eigenvalue weighted by molar-refractivity contribution is -0.386. The Morgan fingerprint density at radius 1 is 1.56 bits per heavy atom. The molecule has 0 heterocycles. The minimum atomic E-state index is -0.628. The second kappa shape index (κ2) is 5.64. The number of aryl methyl sites for hydroxylation is 1. The van der Waals surface area contributed by atoms with E-state index in [0.717, 1.165) is 0 Å². The standard InChI is InChI=1S/C9H13N3O3.ClH/c1-5-2-3-6(7(11)4-10)9(13)8(5)12(14)15;/h2-3,7,13H,4,10-11H2,1H3;1H/t7-;/m1./s1. The molecule has 1 aromatic rings. The van der Waals surface area contributed by atoms with E-state index < -0.39 is 16.7 Å². The van der Waals surface area contributed by atoms with Gasteiger partial charge in [-0.2, -0.15) is 0 Å². The van der Waals surface area contributed by atoms with E-state index >= 15 is 0 Å². The first kappa shape index (κ1) is 14.6. The first-order valence-corrected chi connectivity index (χ1v) is 4.41. The Balaban J connectivity index is 0.00000225. The zero-order valence-electron chi connectivity index (χ0n) is 8.71. The molecule has 0 aliphatic carbocycles. The van der Waals surface area contributed by atoms with Crippen LogP contribution in [0, 0.1) is 17.0 Å². The van der Waals surface area contributed by atoms with Crippen LogP contribution in [0.3, 0.4) is 0 Å². The van der Waals surface area contributed by atoms with Crippen LogP contribution in [0.25, 0.3) is 0 Å². The molecule has 0 aromatic heterocycles. The highest BCUT2D eigenvalue weighted by molar-refractivity contribution is 5.85. The predicted octanol–water partition coefficient (Wildman–Crippen LogP) is 0.989. The van der Waals surface area contributed by atoms with Crippen molar-refractivity contribution in [2.75, 3.05) is 6.54 Å². The van der Waals surface area contributed by atoms with E-state index in [4.69, 9.17) is 11.5 Å². The van der Waals surface area contributed by atoms with Crippen molar-refractivity contribution in [2.45, 2.75) is 13.0 Å². The summed E-state index contributed by atoms with van der Waals surface area (Å²) in [7, 11) is 0. The summed E-state index contributed by atoms with van der Waals surface area (Å²) < 4.78 is 0. The van der Waals surface area contributed by atoms with Crippen LogP contribution in [0.2, 0.25) is 0 Å². The largest absolute Gasteiger partial charge is 0.502 e. The molecule has 0 saturated heterocycles. The molecule has 0 spiro atoms. The van der Waals surface area contributed by atoms with Crippen molar-refractivity contribution in [3.05, 3.63) is 33.4 Å². The van der Waals surface area contributed by atoms with Crippen LogP contribution >= 0.6 is 12.4 Å². The molecule has 0 amide bonds. The first-order chi connectivity index (χ1) is 6.99. The van der Waals surface area contributed by atoms with Crippen LogP contribution in [0.4, 0.5) is 5.69 Å². The number of benzene rings is 1. The van der Waals surface area contributed by atoms with Gasteiger partial charge < -0.3 is 16.6 Å². The summed E-state index contributed by atoms with van der Waals surface area (Å²) in [6, 6.07) is 2.50. The maximum absolute atomic E-state index is 10.7. The molecular formula is C9H14ClN3O3. The van der Waals surface area contributed by atoms with Gasteiger partial charge in [-0.25, -0.2) is 0 Å². The summed E-state index contributed by atoms with van der Waals surface area (Å²) in [6.45, 7) is 1.67. The number of rotatable bonds is 3. The summed E-state index contributed by atoms with van der Waals surface area (Å²) in [6.07, 6.45) is 0. The highest BCUT2D eigenvalue weighted by atomic mass is 35.5. The molecule has 1 atom stereocenters. The van der Waals surface area contributed by atoms with E-state index in [0.29, 0.717) is 11.1 Å². The topological polar surface area (TPSA) is 115 Å². The van der Waals surface area contributed by atoms with Gasteiger partial charge in [-0.05, 0) is 6.92 Å². The van der Waals surface area contributed by atoms with Gasteiger partial charge in [-0.15, -0.1) is 12.4 Å². The lowest BCUT2D eigenvalue weighted by Gasteiger charge is -2.11. The zero-order chi connectivity index (χ0) is 11.6. The Hall–Kier alpha value is -1.37. The van der Waals surface area contributed by atoms with Crippen LogP contribution in [0.15, 0.2) is 12.1 Å². The third-order valence-electron chi connectivity index (χ3n) is 2.22. The van der Waals surface area contributed by atoms with Gasteiger partial charge in [0.2, 0.25) is 0 Å². The number of hydrogen-bond donors (Lipinski definition) is 3. The lowest BCUT2D eigenvalue weighted by atomic mass is 10.0. The number of phenols is 1. The number of halogens is 1. The van der Waals surface area contributed by atoms with Crippen molar-refractivity contribution in [1.29, 1.82) is 0 Å². The third-order valence-corrected chi connectivity index (χ3v) is 2.22. The molecule has 1 aromatic carbocycles. The van der Waals surface area contributed by atoms with Gasteiger partial charge in [0.15, 0.2) is 5.75 Å². The SMILES string of the molecule is Cc1ccc([C@H](N)CN)c(O)c1[N+](=O)[O-].Cl. The van der Waals surface area contributed by atoms with Gasteiger partial charge in [0.1, 0.15) is 0 Å². The molecule has 0 radical (unpaired) electrons. The van der Waals surface area contributed by atoms with E-state index in [-0.39, 0.29) is 24.6 Å². The molecule has 1 rings (SSSR count). The number of aromatic hydroxyl groups is 1. The van der Waals surface area contributed by atoms with E-state index in [2.05, 4.69) is 0 Å². The predicted molar refractivity (Wildman–Crippen MR) is 62.7 cm³/mol. The maximum atomic E-state index is 10.7. The van der Waals surface area contributed by atoms with Crippen molar-refractivity contribution in [1.82, 2.24) is 0 Å². The summed E-state index contributed by atoms with van der Waals surface area (Å²) in [4.78, 5) is 10.1. The van der Waals surface area contributed by atoms with Crippen LogP contribution < -0.4 is 11.5 Å². The monoisotopic (exact) mass is 247 g/mol. The van der Waals surface area contributed by atoms with Crippen LogP contribution in [0.1, 0.15) is 17.2 Å². The Kier molecular flexibility index (Phi) is 5.16. The number of phenolic OH excluding ortho intramolecular Hbond substituents is 1. The second-order valence-corrected chi connectivity index (χ2v) is 3.27. The minimum Gasteiger partial charge on any atom is -0.502 e. The maximum Gasteiger partial charge on any atom is 0.313 e. The van der Waals surface area contributed by atoms with Crippen molar-refractivity contribution < 1.29 is 10.0 Å². The fraction of sp³-hybridized carbons (Fsp3) is 0.333. The van der Waals surface area contributed by atoms with E-state index in [1.54, 1.807) is 19.1 Å². The molecule has 7 heteroatoms. The molecule has 90 valence electrons. The van der Waals surface area contributed by atoms with Crippen LogP contribution in [0.5, 0.6) is 5.75 Å². The molecule has 0 fully saturated rings. The highest BCUT2D eigenvalue weighted by Gasteiger charge is 2.22. The average Bonchev–Trinajstić information content (AvgIpc) is 2.16. The van der Waals surface area contributed by atoms with Crippen molar-refractivity contribution in [2.24, 2.45) is 11.5 Å². The van der Waals surface area contributed by atoms with E-state index in [1.165, 1.54) is 0 Å². The molecule has 0 aliphatic heterocycles. The summed E-state index contributed by atoms with van der Waals surface area (Å²) in [5, 5.41) is 20.3. The fourth-order valence-corrected chi connectivity index (χ4v) is 1.35. The summed E-state index contributed by atoms with van der Waals surface area (Å²) >= 11 is 0. The number of nitro groups is 1. The number of hydrogen-bond acceptors (Lipinski definition) is 5. The number of nitrogens with zero attached hydrogens (tertiary/aromatic N) is 1. The Bertz CT molecular complexity index is 398. The van der Waals surface area contributed by atoms with Crippen LogP contribution in [-0.2, 0) is 0 Å². The highest BCUT2D eigenvalue weighted by Crippen LogP contribution is 2.35. The molecule has 16 heavy (non-hydrogen) atoms. The van der Waals surface area contributed by atoms with Gasteiger partial charge >= 0.3 is 5.69 Å². The Morgan fingerprint density at radius 3 is 2.56 bits per heavy atom. The molecular weight excluding hydrogens is 234 g/mol. The van der Waals surface area contributed by atoms with Gasteiger partial charge in [-0.3, -0.25) is 10.1 Å². The van der Waals surface area contributed by atoms with Crippen molar-refractivity contribution in [3.8, 4) is 5.75 Å². The fourth-order valence-electron chi connectivity index (χ4n) is 1.35. The van der Waals surface area contributed by atoms with E-state index in [1.807, 2.05) is 0 Å². The van der Waals surface area contributed by atoms with Gasteiger partial charge in [-0.1, -0.05) is 12.1 Å². The molecule has 0 saturated carbocycles. The van der Waals surface area contributed by atoms with Crippen molar-refractivity contribution in [3.63, 3.8) is 0 Å². The molecule has 0 aliphatic rings. The Morgan fingerprint density at radius 2 is 2.12 bits per heavy atom. The summed E-state index contributed by atoms with van der Waals surface area (Å²) in [5.41, 5.74) is 11.3. The molecule has 5 N–H and O–H groups in total. The lowest BCUT2D eigenvalue weighted by Crippen LogP contribution is -2.21. The number of nitro benzene ring substituents is 1. The quantitative estimate of drug-likeness (QED) is 0.544. The Labute approximate surface area is 98.8 Å². The molecule has 0 bridgehead atoms. The van der Waals surface area contributed by atoms with Crippen molar-refractivity contribution >= 4 is 18.1 Å². The normalized spacial score (nSPS) is 11.7. The van der Waals surface area contributed by atoms with Gasteiger partial charge in [0.25, 0.3) is 0 Å². The smallest absolute Gasteiger partial charge is 0.313 e. The summed E-state index contributed by atoms with van der Waals surface area (Å²) in [5.74, 6) is -0.391. The van der Waals surface area contributed by atoms with Gasteiger partial charge in [0.05, 0.1) is 4.92 Å². The first-order valence-electron chi connectivity index (χ1n) is 4.41. The molecule has 0 unspecified atom stereocenters. The van der Waals surface area contributed by atoms with Gasteiger partial charge in [0, 0.05) is 23.7 Å². The minimum absolute atomic E-state index is 0. The number of nitrogens with two attached hydrogens (primary N) is 2.